The summed E-state index contributed by atoms with van der Waals surface area (Å²) in [6.07, 6.45) is 0. The van der Waals surface area contributed by atoms with Gasteiger partial charge in [0.1, 0.15) is 0 Å². The van der Waals surface area contributed by atoms with Crippen molar-refractivity contribution in [1.82, 2.24) is 4.31 Å². The fraction of sp³-hybridized carbons (Fsp3) is 0.333. The molecular weight excluding hydrogens is 194 g/mol. The van der Waals surface area contributed by atoms with E-state index in [2.05, 4.69) is 12.2 Å². The monoisotopic (exact) mass is 196 g/mol. The van der Waals surface area contributed by atoms with E-state index in [0.717, 1.165) is 11.8 Å². The van der Waals surface area contributed by atoms with Gasteiger partial charge in [0.05, 0.1) is 17.0 Å². The van der Waals surface area contributed by atoms with Gasteiger partial charge >= 0.3 is 0 Å². The van der Waals surface area contributed by atoms with Crippen LogP contribution in [0.3, 0.4) is 0 Å². The van der Waals surface area contributed by atoms with Gasteiger partial charge in [0.2, 0.25) is 5.91 Å². The van der Waals surface area contributed by atoms with E-state index in [1.165, 1.54) is 0 Å². The van der Waals surface area contributed by atoms with Gasteiger partial charge in [-0.15, -0.1) is 0 Å². The first-order valence-corrected chi connectivity index (χ1v) is 4.64. The lowest BCUT2D eigenvalue weighted by Gasteiger charge is -2.15. The Balaban J connectivity index is 2.82. The van der Waals surface area contributed by atoms with Gasteiger partial charge in [-0.3, -0.25) is 9.00 Å². The van der Waals surface area contributed by atoms with Gasteiger partial charge in [-0.2, -0.15) is 0 Å². The van der Waals surface area contributed by atoms with Gasteiger partial charge in [0.25, 0.3) is 0 Å². The molecule has 1 atom stereocenters. The Hall–Kier alpha value is 0.0200. The van der Waals surface area contributed by atoms with E-state index in [4.69, 9.17) is 0 Å². The summed E-state index contributed by atoms with van der Waals surface area (Å²) in [4.78, 5) is 10.7. The first-order valence-electron chi connectivity index (χ1n) is 2.22. The first-order chi connectivity index (χ1) is 4.63. The Labute approximate surface area is 69.4 Å². The third-order valence-corrected chi connectivity index (χ3v) is 3.13. The Morgan fingerprint density at radius 2 is 2.40 bits per heavy atom. The Morgan fingerprint density at radius 1 is 1.80 bits per heavy atom. The molecule has 1 heterocycles. The molecule has 0 radical (unpaired) electrons. The summed E-state index contributed by atoms with van der Waals surface area (Å²) in [6.45, 7) is 0. The molecule has 0 aromatic carbocycles. The molecule has 0 aromatic rings. The maximum Gasteiger partial charge on any atom is 0.249 e. The molecule has 1 unspecified atom stereocenters. The lowest BCUT2D eigenvalue weighted by atomic mass is 10.7. The molecule has 1 saturated heterocycles. The highest BCUT2D eigenvalue weighted by atomic mass is 32.2. The number of carbonyl (C=O) groups is 1. The van der Waals surface area contributed by atoms with Crippen molar-refractivity contribution in [2.24, 2.45) is 0 Å². The third kappa shape index (κ3) is 1.36. The van der Waals surface area contributed by atoms with Gasteiger partial charge in [-0.05, 0) is 0 Å². The SMILES string of the molecule is O=C1CSC(=S)N1S(=O)[O-]. The second-order valence-corrected chi connectivity index (χ2v) is 3.87. The number of thiocarbonyl (C=S) groups is 1. The Bertz CT molecular complexity index is 199. The molecule has 1 amide bonds. The number of amides is 1. The van der Waals surface area contributed by atoms with E-state index in [1.54, 1.807) is 0 Å². The number of hydrogen-bond donors (Lipinski definition) is 0. The van der Waals surface area contributed by atoms with Crippen molar-refractivity contribution in [3.05, 3.63) is 0 Å². The average molecular weight is 196 g/mol. The molecule has 0 aromatic heterocycles. The average Bonchev–Trinajstić information content (AvgIpc) is 2.11. The van der Waals surface area contributed by atoms with Gasteiger partial charge in [0.15, 0.2) is 4.32 Å². The molecule has 1 fully saturated rings. The minimum Gasteiger partial charge on any atom is -0.755 e. The van der Waals surface area contributed by atoms with E-state index in [-0.39, 0.29) is 10.1 Å². The van der Waals surface area contributed by atoms with E-state index in [0.29, 0.717) is 4.31 Å². The molecule has 10 heavy (non-hydrogen) atoms. The lowest BCUT2D eigenvalue weighted by Crippen LogP contribution is -2.30. The van der Waals surface area contributed by atoms with E-state index >= 15 is 0 Å². The molecule has 7 heteroatoms. The van der Waals surface area contributed by atoms with Crippen LogP contribution in [0.4, 0.5) is 0 Å². The molecule has 56 valence electrons. The number of hydrogen-bond acceptors (Lipinski definition) is 5. The predicted molar refractivity (Wildman–Crippen MR) is 40.8 cm³/mol. The van der Waals surface area contributed by atoms with Crippen molar-refractivity contribution in [2.45, 2.75) is 0 Å². The van der Waals surface area contributed by atoms with Gasteiger partial charge in [-0.1, -0.05) is 24.0 Å². The van der Waals surface area contributed by atoms with Gasteiger partial charge in [-0.25, -0.2) is 4.31 Å². The molecule has 0 aliphatic carbocycles. The maximum atomic E-state index is 10.7. The van der Waals surface area contributed by atoms with Crippen LogP contribution in [-0.2, 0) is 16.1 Å². The van der Waals surface area contributed by atoms with Crippen molar-refractivity contribution in [3.8, 4) is 0 Å². The molecule has 0 N–H and O–H groups in total. The standard InChI is InChI=1S/C3H3NO3S3/c5-2-1-9-3(8)4(2)10(6)7/h1H2,(H,6,7)/p-1. The molecule has 4 nitrogen and oxygen atoms in total. The van der Waals surface area contributed by atoms with Crippen molar-refractivity contribution in [3.63, 3.8) is 0 Å². The number of rotatable bonds is 1. The summed E-state index contributed by atoms with van der Waals surface area (Å²) in [5.74, 6) is -0.337. The normalized spacial score (nSPS) is 21.9. The largest absolute Gasteiger partial charge is 0.755 e. The number of nitrogens with zero attached hydrogens (tertiary/aromatic N) is 1. The summed E-state index contributed by atoms with van der Waals surface area (Å²) in [7, 11) is 0. The van der Waals surface area contributed by atoms with Crippen LogP contribution in [0.5, 0.6) is 0 Å². The summed E-state index contributed by atoms with van der Waals surface area (Å²) in [5.41, 5.74) is 0. The fourth-order valence-electron chi connectivity index (χ4n) is 0.487. The van der Waals surface area contributed by atoms with Crippen LogP contribution in [-0.4, -0.2) is 29.0 Å². The zero-order valence-electron chi connectivity index (χ0n) is 4.60. The van der Waals surface area contributed by atoms with Crippen molar-refractivity contribution in [1.29, 1.82) is 0 Å². The second-order valence-electron chi connectivity index (χ2n) is 1.46. The van der Waals surface area contributed by atoms with Crippen molar-refractivity contribution < 1.29 is 13.6 Å². The molecule has 0 spiro atoms. The fourth-order valence-corrected chi connectivity index (χ4v) is 2.32. The van der Waals surface area contributed by atoms with Crippen LogP contribution in [0.1, 0.15) is 0 Å². The zero-order chi connectivity index (χ0) is 7.72. The van der Waals surface area contributed by atoms with Gasteiger partial charge < -0.3 is 4.55 Å². The second kappa shape index (κ2) is 2.95. The highest BCUT2D eigenvalue weighted by Gasteiger charge is 2.27. The Kier molecular flexibility index (Phi) is 2.40. The van der Waals surface area contributed by atoms with Crippen LogP contribution < -0.4 is 0 Å². The minimum atomic E-state index is -2.53. The molecular formula is C3H2NO3S3-. The Morgan fingerprint density at radius 3 is 2.60 bits per heavy atom. The van der Waals surface area contributed by atoms with Crippen LogP contribution in [0.25, 0.3) is 0 Å². The summed E-state index contributed by atoms with van der Waals surface area (Å²) in [6, 6.07) is 0. The smallest absolute Gasteiger partial charge is 0.249 e. The molecule has 0 saturated carbocycles. The summed E-state index contributed by atoms with van der Waals surface area (Å²) >= 11 is 3.10. The van der Waals surface area contributed by atoms with Crippen molar-refractivity contribution in [2.75, 3.05) is 5.75 Å². The summed E-state index contributed by atoms with van der Waals surface area (Å²) < 4.78 is 21.1. The van der Waals surface area contributed by atoms with E-state index in [9.17, 15) is 13.6 Å². The number of carbonyl (C=O) groups excluding carboxylic acids is 1. The van der Waals surface area contributed by atoms with E-state index < -0.39 is 17.2 Å². The van der Waals surface area contributed by atoms with Crippen LogP contribution in [0, 0.1) is 0 Å². The quantitative estimate of drug-likeness (QED) is 0.423. The highest BCUT2D eigenvalue weighted by molar-refractivity contribution is 8.24. The number of thioether (sulfide) groups is 1. The zero-order valence-corrected chi connectivity index (χ0v) is 7.05. The van der Waals surface area contributed by atoms with E-state index in [1.807, 2.05) is 0 Å². The van der Waals surface area contributed by atoms with Crippen LogP contribution in [0.15, 0.2) is 0 Å². The maximum absolute atomic E-state index is 10.7. The van der Waals surface area contributed by atoms with Gasteiger partial charge in [0, 0.05) is 0 Å². The first kappa shape index (κ1) is 8.12. The third-order valence-electron chi connectivity index (χ3n) is 0.861. The summed E-state index contributed by atoms with van der Waals surface area (Å²) in [5, 5.41) is 0. The highest BCUT2D eigenvalue weighted by Crippen LogP contribution is 2.19. The molecule has 0 bridgehead atoms. The van der Waals surface area contributed by atoms with Crippen molar-refractivity contribution >= 4 is 45.5 Å². The molecule has 1 aliphatic rings. The minimum absolute atomic E-state index is 0.110. The predicted octanol–water partition coefficient (Wildman–Crippen LogP) is -0.359. The topological polar surface area (TPSA) is 60.4 Å². The molecule has 1 rings (SSSR count). The van der Waals surface area contributed by atoms with Crippen LogP contribution in [0.2, 0.25) is 0 Å². The van der Waals surface area contributed by atoms with Crippen LogP contribution >= 0.6 is 24.0 Å². The lowest BCUT2D eigenvalue weighted by molar-refractivity contribution is -0.120. The molecule has 1 aliphatic heterocycles.